The Balaban J connectivity index is 1.40. The van der Waals surface area contributed by atoms with E-state index >= 15 is 0 Å². The molecule has 4 heterocycles. The zero-order valence-corrected chi connectivity index (χ0v) is 16.1. The summed E-state index contributed by atoms with van der Waals surface area (Å²) in [4.78, 5) is 19.7. The lowest BCUT2D eigenvalue weighted by Gasteiger charge is -2.40. The van der Waals surface area contributed by atoms with Gasteiger partial charge in [0, 0.05) is 32.2 Å². The monoisotopic (exact) mass is 385 g/mol. The second-order valence-electron chi connectivity index (χ2n) is 8.58. The van der Waals surface area contributed by atoms with Crippen LogP contribution in [0.15, 0.2) is 27.3 Å². The number of aromatic nitrogens is 2. The van der Waals surface area contributed by atoms with Gasteiger partial charge in [0.05, 0.1) is 11.7 Å². The van der Waals surface area contributed by atoms with Gasteiger partial charge in [-0.15, -0.1) is 0 Å². The lowest BCUT2D eigenvalue weighted by molar-refractivity contribution is 0.0576. The molecular formula is C21H27N3O4. The van der Waals surface area contributed by atoms with Crippen molar-refractivity contribution in [3.05, 3.63) is 35.9 Å². The molecule has 2 saturated heterocycles. The van der Waals surface area contributed by atoms with E-state index in [1.54, 1.807) is 18.4 Å². The van der Waals surface area contributed by atoms with Gasteiger partial charge >= 0.3 is 0 Å². The third kappa shape index (κ3) is 3.48. The lowest BCUT2D eigenvalue weighted by Crippen LogP contribution is -2.49. The Morgan fingerprint density at radius 3 is 2.86 bits per heavy atom. The van der Waals surface area contributed by atoms with Gasteiger partial charge in [-0.3, -0.25) is 4.79 Å². The molecule has 1 unspecified atom stereocenters. The smallest absolute Gasteiger partial charge is 0.289 e. The third-order valence-corrected chi connectivity index (χ3v) is 6.46. The Kier molecular flexibility index (Phi) is 4.70. The molecule has 150 valence electrons. The van der Waals surface area contributed by atoms with Crippen LogP contribution in [0.2, 0.25) is 0 Å². The van der Waals surface area contributed by atoms with Crippen molar-refractivity contribution in [3.63, 3.8) is 0 Å². The Hall–Kier alpha value is -2.15. The predicted octanol–water partition coefficient (Wildman–Crippen LogP) is 3.53. The van der Waals surface area contributed by atoms with Gasteiger partial charge in [-0.25, -0.2) is 0 Å². The molecule has 7 heteroatoms. The highest BCUT2D eigenvalue weighted by atomic mass is 16.5. The van der Waals surface area contributed by atoms with Gasteiger partial charge in [-0.05, 0) is 50.2 Å². The molecule has 2 aromatic rings. The zero-order valence-electron chi connectivity index (χ0n) is 16.1. The summed E-state index contributed by atoms with van der Waals surface area (Å²) in [5.41, 5.74) is -0.214. The van der Waals surface area contributed by atoms with Crippen molar-refractivity contribution < 1.29 is 18.5 Å². The standard InChI is InChI=1S/C21H27N3O4/c25-19(17-3-1-10-27-17)24-9-2-8-21(14-24,13-15-4-5-15)20-22-18(28-23-20)16-6-11-26-12-7-16/h1,3,10,15-16H,2,4-9,11-14H2. The first kappa shape index (κ1) is 17.9. The van der Waals surface area contributed by atoms with Gasteiger partial charge in [0.1, 0.15) is 0 Å². The summed E-state index contributed by atoms with van der Waals surface area (Å²) >= 11 is 0. The molecule has 2 aromatic heterocycles. The molecule has 0 radical (unpaired) electrons. The molecule has 28 heavy (non-hydrogen) atoms. The van der Waals surface area contributed by atoms with Crippen LogP contribution < -0.4 is 0 Å². The van der Waals surface area contributed by atoms with Crippen LogP contribution >= 0.6 is 0 Å². The molecular weight excluding hydrogens is 358 g/mol. The molecule has 1 amide bonds. The van der Waals surface area contributed by atoms with E-state index in [2.05, 4.69) is 5.16 Å². The van der Waals surface area contributed by atoms with Crippen molar-refractivity contribution in [1.29, 1.82) is 0 Å². The molecule has 1 saturated carbocycles. The highest BCUT2D eigenvalue weighted by Gasteiger charge is 2.46. The number of nitrogens with zero attached hydrogens (tertiary/aromatic N) is 3. The van der Waals surface area contributed by atoms with Crippen molar-refractivity contribution in [3.8, 4) is 0 Å². The fraction of sp³-hybridized carbons (Fsp3) is 0.667. The second-order valence-corrected chi connectivity index (χ2v) is 8.58. The summed E-state index contributed by atoms with van der Waals surface area (Å²) in [5, 5.41) is 4.44. The molecule has 0 bridgehead atoms. The number of hydrogen-bond acceptors (Lipinski definition) is 6. The Morgan fingerprint density at radius 1 is 1.25 bits per heavy atom. The summed E-state index contributed by atoms with van der Waals surface area (Å²) in [6.07, 6.45) is 8.91. The summed E-state index contributed by atoms with van der Waals surface area (Å²) in [5.74, 6) is 2.89. The summed E-state index contributed by atoms with van der Waals surface area (Å²) in [6.45, 7) is 2.88. The van der Waals surface area contributed by atoms with Gasteiger partial charge in [-0.2, -0.15) is 4.98 Å². The number of ether oxygens (including phenoxy) is 1. The summed E-state index contributed by atoms with van der Waals surface area (Å²) in [7, 11) is 0. The van der Waals surface area contributed by atoms with Crippen LogP contribution in [0, 0.1) is 5.92 Å². The van der Waals surface area contributed by atoms with E-state index in [4.69, 9.17) is 18.7 Å². The number of amides is 1. The van der Waals surface area contributed by atoms with Gasteiger partial charge in [0.2, 0.25) is 5.89 Å². The molecule has 0 aromatic carbocycles. The van der Waals surface area contributed by atoms with E-state index in [-0.39, 0.29) is 17.2 Å². The second kappa shape index (κ2) is 7.35. The SMILES string of the molecule is O=C(c1ccco1)N1CCCC(CC2CC2)(c2noc(C3CCOCC3)n2)C1. The minimum atomic E-state index is -0.214. The van der Waals surface area contributed by atoms with Gasteiger partial charge in [-0.1, -0.05) is 18.0 Å². The number of likely N-dealkylation sites (tertiary alicyclic amines) is 1. The van der Waals surface area contributed by atoms with Gasteiger partial charge in [0.25, 0.3) is 5.91 Å². The molecule has 1 aliphatic carbocycles. The van der Waals surface area contributed by atoms with Crippen LogP contribution in [-0.4, -0.2) is 47.3 Å². The van der Waals surface area contributed by atoms with Crippen molar-refractivity contribution in [2.75, 3.05) is 26.3 Å². The molecule has 0 N–H and O–H groups in total. The zero-order chi connectivity index (χ0) is 19.0. The minimum absolute atomic E-state index is 0.0435. The van der Waals surface area contributed by atoms with E-state index in [0.29, 0.717) is 18.2 Å². The fourth-order valence-corrected chi connectivity index (χ4v) is 4.74. The average molecular weight is 385 g/mol. The van der Waals surface area contributed by atoms with Crippen molar-refractivity contribution in [1.82, 2.24) is 15.0 Å². The van der Waals surface area contributed by atoms with Crippen LogP contribution in [0.4, 0.5) is 0 Å². The molecule has 3 aliphatic rings. The number of carbonyl (C=O) groups is 1. The van der Waals surface area contributed by atoms with E-state index in [1.165, 1.54) is 12.8 Å². The van der Waals surface area contributed by atoms with Crippen LogP contribution in [0.1, 0.15) is 73.1 Å². The lowest BCUT2D eigenvalue weighted by atomic mass is 9.74. The molecule has 1 atom stereocenters. The number of piperidine rings is 1. The quantitative estimate of drug-likeness (QED) is 0.783. The maximum absolute atomic E-state index is 12.9. The van der Waals surface area contributed by atoms with Crippen molar-refractivity contribution in [2.45, 2.75) is 56.3 Å². The highest BCUT2D eigenvalue weighted by Crippen LogP contribution is 2.46. The van der Waals surface area contributed by atoms with E-state index in [1.807, 2.05) is 4.90 Å². The largest absolute Gasteiger partial charge is 0.459 e. The normalized spacial score (nSPS) is 26.5. The van der Waals surface area contributed by atoms with E-state index < -0.39 is 0 Å². The summed E-state index contributed by atoms with van der Waals surface area (Å²) < 4.78 is 16.5. The van der Waals surface area contributed by atoms with Gasteiger partial charge < -0.3 is 18.6 Å². The van der Waals surface area contributed by atoms with Crippen molar-refractivity contribution >= 4 is 5.91 Å². The summed E-state index contributed by atoms with van der Waals surface area (Å²) in [6, 6.07) is 3.49. The van der Waals surface area contributed by atoms with Gasteiger partial charge in [0.15, 0.2) is 11.6 Å². The average Bonchev–Trinajstić information content (AvgIpc) is 3.20. The first-order valence-corrected chi connectivity index (χ1v) is 10.5. The Bertz CT molecular complexity index is 807. The first-order valence-electron chi connectivity index (χ1n) is 10.5. The predicted molar refractivity (Wildman–Crippen MR) is 100.0 cm³/mol. The van der Waals surface area contributed by atoms with Crippen LogP contribution in [0.3, 0.4) is 0 Å². The van der Waals surface area contributed by atoms with E-state index in [9.17, 15) is 4.79 Å². The molecule has 2 aliphatic heterocycles. The molecule has 3 fully saturated rings. The van der Waals surface area contributed by atoms with Crippen LogP contribution in [0.5, 0.6) is 0 Å². The molecule has 0 spiro atoms. The maximum Gasteiger partial charge on any atom is 0.289 e. The molecule has 7 nitrogen and oxygen atoms in total. The van der Waals surface area contributed by atoms with Crippen LogP contribution in [-0.2, 0) is 10.2 Å². The number of carbonyl (C=O) groups excluding carboxylic acids is 1. The number of furan rings is 1. The Morgan fingerprint density at radius 2 is 2.11 bits per heavy atom. The molecule has 5 rings (SSSR count). The van der Waals surface area contributed by atoms with Crippen LogP contribution in [0.25, 0.3) is 0 Å². The minimum Gasteiger partial charge on any atom is -0.459 e. The number of hydrogen-bond donors (Lipinski definition) is 0. The number of rotatable bonds is 5. The third-order valence-electron chi connectivity index (χ3n) is 6.46. The Labute approximate surface area is 164 Å². The van der Waals surface area contributed by atoms with E-state index in [0.717, 1.165) is 63.6 Å². The fourth-order valence-electron chi connectivity index (χ4n) is 4.74. The maximum atomic E-state index is 12.9. The van der Waals surface area contributed by atoms with Crippen molar-refractivity contribution in [2.24, 2.45) is 5.92 Å². The highest BCUT2D eigenvalue weighted by molar-refractivity contribution is 5.91. The topological polar surface area (TPSA) is 81.6 Å². The first-order chi connectivity index (χ1) is 13.7.